The van der Waals surface area contributed by atoms with Crippen LogP contribution in [0.1, 0.15) is 16.8 Å². The maximum absolute atomic E-state index is 12.3. The third kappa shape index (κ3) is 2.64. The molecule has 0 aromatic carbocycles. The Bertz CT molecular complexity index is 453. The molecule has 0 bridgehead atoms. The van der Waals surface area contributed by atoms with Crippen molar-refractivity contribution in [3.63, 3.8) is 0 Å². The van der Waals surface area contributed by atoms with Crippen LogP contribution in [0.15, 0.2) is 12.4 Å². The number of aryl methyl sites for hydroxylation is 1. The summed E-state index contributed by atoms with van der Waals surface area (Å²) in [6, 6.07) is 0.490. The number of rotatable bonds is 2. The highest BCUT2D eigenvalue weighted by Gasteiger charge is 2.31. The van der Waals surface area contributed by atoms with Gasteiger partial charge in [0.25, 0.3) is 5.91 Å². The number of hydrogen-bond donors (Lipinski definition) is 0. The number of nitrogens with zero attached hydrogens (tertiary/aromatic N) is 4. The summed E-state index contributed by atoms with van der Waals surface area (Å²) >= 11 is 0. The molecule has 2 aliphatic rings. The van der Waals surface area contributed by atoms with Gasteiger partial charge in [-0.3, -0.25) is 14.4 Å². The summed E-state index contributed by atoms with van der Waals surface area (Å²) in [7, 11) is 1.83. The molecule has 2 fully saturated rings. The summed E-state index contributed by atoms with van der Waals surface area (Å²) in [5, 5.41) is 4.06. The molecule has 1 unspecified atom stereocenters. The molecule has 0 spiro atoms. The Labute approximate surface area is 112 Å². The lowest BCUT2D eigenvalue weighted by atomic mass is 10.2. The Balaban J connectivity index is 1.60. The largest absolute Gasteiger partial charge is 0.379 e. The first-order chi connectivity index (χ1) is 9.24. The molecule has 0 aliphatic carbocycles. The van der Waals surface area contributed by atoms with Gasteiger partial charge in [-0.15, -0.1) is 0 Å². The van der Waals surface area contributed by atoms with Crippen molar-refractivity contribution < 1.29 is 9.53 Å². The molecule has 1 amide bonds. The molecule has 1 aromatic rings. The van der Waals surface area contributed by atoms with Crippen LogP contribution in [0.25, 0.3) is 0 Å². The standard InChI is InChI=1S/C13H20N4O2/c1-15-9-11(8-14-15)13(18)17-3-2-12(10-17)16-4-6-19-7-5-16/h8-9,12H,2-7,10H2,1H3. The van der Waals surface area contributed by atoms with E-state index in [-0.39, 0.29) is 5.91 Å². The molecule has 0 N–H and O–H groups in total. The molecule has 3 heterocycles. The van der Waals surface area contributed by atoms with E-state index in [2.05, 4.69) is 10.00 Å². The lowest BCUT2D eigenvalue weighted by Crippen LogP contribution is -2.45. The van der Waals surface area contributed by atoms with E-state index in [1.807, 2.05) is 11.9 Å². The molecule has 1 atom stereocenters. The smallest absolute Gasteiger partial charge is 0.257 e. The first kappa shape index (κ1) is 12.6. The molecule has 2 saturated heterocycles. The Morgan fingerprint density at radius 3 is 2.84 bits per heavy atom. The zero-order chi connectivity index (χ0) is 13.2. The monoisotopic (exact) mass is 264 g/mol. The van der Waals surface area contributed by atoms with E-state index in [0.717, 1.165) is 45.8 Å². The van der Waals surface area contributed by atoms with Crippen molar-refractivity contribution in [3.05, 3.63) is 18.0 Å². The van der Waals surface area contributed by atoms with Crippen LogP contribution in [-0.2, 0) is 11.8 Å². The van der Waals surface area contributed by atoms with Crippen LogP contribution in [0.5, 0.6) is 0 Å². The first-order valence-electron chi connectivity index (χ1n) is 6.84. The molecule has 0 radical (unpaired) electrons. The van der Waals surface area contributed by atoms with Crippen LogP contribution in [0.3, 0.4) is 0 Å². The third-order valence-corrected chi connectivity index (χ3v) is 3.96. The van der Waals surface area contributed by atoms with Crippen LogP contribution in [-0.4, -0.2) is 70.9 Å². The minimum atomic E-state index is 0.101. The molecule has 2 aliphatic heterocycles. The van der Waals surface area contributed by atoms with Gasteiger partial charge in [0.1, 0.15) is 0 Å². The van der Waals surface area contributed by atoms with Crippen LogP contribution in [0.4, 0.5) is 0 Å². The second-order valence-corrected chi connectivity index (χ2v) is 5.24. The zero-order valence-electron chi connectivity index (χ0n) is 11.3. The maximum atomic E-state index is 12.3. The van der Waals surface area contributed by atoms with Crippen molar-refractivity contribution in [2.24, 2.45) is 7.05 Å². The van der Waals surface area contributed by atoms with Gasteiger partial charge in [-0.25, -0.2) is 0 Å². The molecule has 0 saturated carbocycles. The van der Waals surface area contributed by atoms with E-state index < -0.39 is 0 Å². The molecular weight excluding hydrogens is 244 g/mol. The number of ether oxygens (including phenoxy) is 1. The van der Waals surface area contributed by atoms with Crippen LogP contribution < -0.4 is 0 Å². The average molecular weight is 264 g/mol. The van der Waals surface area contributed by atoms with Gasteiger partial charge < -0.3 is 9.64 Å². The van der Waals surface area contributed by atoms with E-state index in [1.165, 1.54) is 0 Å². The van der Waals surface area contributed by atoms with E-state index in [1.54, 1.807) is 17.1 Å². The topological polar surface area (TPSA) is 50.6 Å². The van der Waals surface area contributed by atoms with Crippen molar-refractivity contribution >= 4 is 5.91 Å². The van der Waals surface area contributed by atoms with Crippen LogP contribution in [0, 0.1) is 0 Å². The molecule has 1 aromatic heterocycles. The summed E-state index contributed by atoms with van der Waals surface area (Å²) in [6.45, 7) is 5.27. The normalized spacial score (nSPS) is 24.9. The number of morpholine rings is 1. The van der Waals surface area contributed by atoms with E-state index in [9.17, 15) is 4.79 Å². The highest BCUT2D eigenvalue weighted by atomic mass is 16.5. The molecule has 6 nitrogen and oxygen atoms in total. The molecule has 3 rings (SSSR count). The third-order valence-electron chi connectivity index (χ3n) is 3.96. The SMILES string of the molecule is Cn1cc(C(=O)N2CCC(N3CCOCC3)C2)cn1. The molecule has 104 valence electrons. The Morgan fingerprint density at radius 1 is 1.37 bits per heavy atom. The van der Waals surface area contributed by atoms with Gasteiger partial charge in [0.05, 0.1) is 25.0 Å². The Hall–Kier alpha value is -1.40. The van der Waals surface area contributed by atoms with Crippen LogP contribution >= 0.6 is 0 Å². The van der Waals surface area contributed by atoms with E-state index in [4.69, 9.17) is 4.74 Å². The minimum Gasteiger partial charge on any atom is -0.379 e. The number of carbonyl (C=O) groups is 1. The first-order valence-corrected chi connectivity index (χ1v) is 6.84. The van der Waals surface area contributed by atoms with Crippen molar-refractivity contribution in [2.75, 3.05) is 39.4 Å². The van der Waals surface area contributed by atoms with E-state index in [0.29, 0.717) is 11.6 Å². The maximum Gasteiger partial charge on any atom is 0.257 e. The van der Waals surface area contributed by atoms with Crippen molar-refractivity contribution in [2.45, 2.75) is 12.5 Å². The highest BCUT2D eigenvalue weighted by molar-refractivity contribution is 5.93. The predicted octanol–water partition coefficient (Wildman–Crippen LogP) is -0.0332. The number of aromatic nitrogens is 2. The van der Waals surface area contributed by atoms with Crippen molar-refractivity contribution in [1.82, 2.24) is 19.6 Å². The van der Waals surface area contributed by atoms with Crippen LogP contribution in [0.2, 0.25) is 0 Å². The molecule has 6 heteroatoms. The van der Waals surface area contributed by atoms with E-state index >= 15 is 0 Å². The summed E-state index contributed by atoms with van der Waals surface area (Å²) in [5.74, 6) is 0.101. The van der Waals surface area contributed by atoms with Crippen molar-refractivity contribution in [3.8, 4) is 0 Å². The number of carbonyl (C=O) groups excluding carboxylic acids is 1. The van der Waals surface area contributed by atoms with Gasteiger partial charge in [0, 0.05) is 45.5 Å². The second kappa shape index (κ2) is 5.30. The Kier molecular flexibility index (Phi) is 3.52. The Morgan fingerprint density at radius 2 is 2.16 bits per heavy atom. The summed E-state index contributed by atoms with van der Waals surface area (Å²) < 4.78 is 7.04. The summed E-state index contributed by atoms with van der Waals surface area (Å²) in [6.07, 6.45) is 4.49. The number of likely N-dealkylation sites (tertiary alicyclic amines) is 1. The fraction of sp³-hybridized carbons (Fsp3) is 0.692. The quantitative estimate of drug-likeness (QED) is 0.752. The highest BCUT2D eigenvalue weighted by Crippen LogP contribution is 2.18. The predicted molar refractivity (Wildman–Crippen MR) is 69.9 cm³/mol. The fourth-order valence-electron chi connectivity index (χ4n) is 2.88. The lowest BCUT2D eigenvalue weighted by Gasteiger charge is -2.32. The van der Waals surface area contributed by atoms with Gasteiger partial charge >= 0.3 is 0 Å². The molecular formula is C13H20N4O2. The van der Waals surface area contributed by atoms with Gasteiger partial charge in [-0.2, -0.15) is 5.10 Å². The van der Waals surface area contributed by atoms with Crippen molar-refractivity contribution in [1.29, 1.82) is 0 Å². The number of amides is 1. The second-order valence-electron chi connectivity index (χ2n) is 5.24. The summed E-state index contributed by atoms with van der Waals surface area (Å²) in [4.78, 5) is 16.7. The van der Waals surface area contributed by atoms with Gasteiger partial charge in [0.15, 0.2) is 0 Å². The zero-order valence-corrected chi connectivity index (χ0v) is 11.3. The summed E-state index contributed by atoms with van der Waals surface area (Å²) in [5.41, 5.74) is 0.685. The lowest BCUT2D eigenvalue weighted by molar-refractivity contribution is 0.0185. The average Bonchev–Trinajstić information content (AvgIpc) is 3.08. The minimum absolute atomic E-state index is 0.101. The molecule has 19 heavy (non-hydrogen) atoms. The number of hydrogen-bond acceptors (Lipinski definition) is 4. The van der Waals surface area contributed by atoms with Gasteiger partial charge in [-0.05, 0) is 6.42 Å². The van der Waals surface area contributed by atoms with Gasteiger partial charge in [0.2, 0.25) is 0 Å². The van der Waals surface area contributed by atoms with Gasteiger partial charge in [-0.1, -0.05) is 0 Å². The fourth-order valence-corrected chi connectivity index (χ4v) is 2.88.